The molecule has 2 unspecified atom stereocenters. The van der Waals surface area contributed by atoms with E-state index in [0.29, 0.717) is 37.4 Å². The number of carbonyl (C=O) groups is 1. The molecule has 0 spiro atoms. The van der Waals surface area contributed by atoms with Gasteiger partial charge in [0.1, 0.15) is 11.9 Å². The van der Waals surface area contributed by atoms with Crippen LogP contribution in [0.4, 0.5) is 23.7 Å². The van der Waals surface area contributed by atoms with E-state index in [4.69, 9.17) is 14.2 Å². The van der Waals surface area contributed by atoms with Crippen LogP contribution in [0.1, 0.15) is 24.8 Å². The summed E-state index contributed by atoms with van der Waals surface area (Å²) in [6.07, 6.45) is -5.06. The van der Waals surface area contributed by atoms with Gasteiger partial charge in [0.15, 0.2) is 0 Å². The summed E-state index contributed by atoms with van der Waals surface area (Å²) in [7, 11) is 1.54. The quantitative estimate of drug-likeness (QED) is 0.804. The number of alkyl halides is 3. The number of carbonyl (C=O) groups excluding carboxylic acids is 1. The number of halogens is 3. The number of nitrogens with zero attached hydrogens (tertiary/aromatic N) is 1. The van der Waals surface area contributed by atoms with Gasteiger partial charge in [0.2, 0.25) is 0 Å². The molecule has 2 aliphatic rings. The van der Waals surface area contributed by atoms with Crippen molar-refractivity contribution in [1.82, 2.24) is 0 Å². The largest absolute Gasteiger partial charge is 0.490 e. The average Bonchev–Trinajstić information content (AvgIpc) is 2.92. The van der Waals surface area contributed by atoms with Gasteiger partial charge >= 0.3 is 12.3 Å². The Morgan fingerprint density at radius 1 is 1.28 bits per heavy atom. The minimum atomic E-state index is -4.16. The van der Waals surface area contributed by atoms with E-state index in [1.54, 1.807) is 19.2 Å². The minimum absolute atomic E-state index is 0.0398. The highest BCUT2D eigenvalue weighted by Gasteiger charge is 2.33. The molecule has 0 radical (unpaired) electrons. The van der Waals surface area contributed by atoms with Gasteiger partial charge in [0.05, 0.1) is 19.3 Å². The maximum atomic E-state index is 12.3. The van der Waals surface area contributed by atoms with Gasteiger partial charge in [-0.15, -0.1) is 0 Å². The predicted molar refractivity (Wildman–Crippen MR) is 84.0 cm³/mol. The van der Waals surface area contributed by atoms with E-state index in [1.165, 1.54) is 4.90 Å². The SMILES string of the molecule is COCC1CN(c2ccc3c(c2)CCC(CCC(F)(F)F)O3)C(=O)O1. The van der Waals surface area contributed by atoms with Crippen molar-refractivity contribution >= 4 is 11.8 Å². The van der Waals surface area contributed by atoms with Gasteiger partial charge < -0.3 is 14.2 Å². The summed E-state index contributed by atoms with van der Waals surface area (Å²) >= 11 is 0. The maximum absolute atomic E-state index is 12.3. The molecule has 2 atom stereocenters. The van der Waals surface area contributed by atoms with Gasteiger partial charge in [-0.2, -0.15) is 13.2 Å². The molecule has 138 valence electrons. The van der Waals surface area contributed by atoms with Crippen LogP contribution in [-0.4, -0.2) is 44.7 Å². The van der Waals surface area contributed by atoms with Crippen molar-refractivity contribution in [3.05, 3.63) is 23.8 Å². The van der Waals surface area contributed by atoms with Crippen molar-refractivity contribution in [2.45, 2.75) is 44.1 Å². The lowest BCUT2D eigenvalue weighted by molar-refractivity contribution is -0.139. The summed E-state index contributed by atoms with van der Waals surface area (Å²) in [5, 5.41) is 0. The van der Waals surface area contributed by atoms with Crippen LogP contribution in [0.3, 0.4) is 0 Å². The van der Waals surface area contributed by atoms with Crippen molar-refractivity contribution < 1.29 is 32.2 Å². The molecule has 3 rings (SSSR count). The average molecular weight is 359 g/mol. The summed E-state index contributed by atoms with van der Waals surface area (Å²) in [5.74, 6) is 0.586. The molecule has 1 amide bonds. The van der Waals surface area contributed by atoms with Crippen LogP contribution >= 0.6 is 0 Å². The Labute approximate surface area is 143 Å². The Morgan fingerprint density at radius 3 is 2.80 bits per heavy atom. The Hall–Kier alpha value is -1.96. The maximum Gasteiger partial charge on any atom is 0.414 e. The number of methoxy groups -OCH3 is 1. The monoisotopic (exact) mass is 359 g/mol. The summed E-state index contributed by atoms with van der Waals surface area (Å²) in [6, 6.07) is 5.27. The number of fused-ring (bicyclic) bond motifs is 1. The zero-order chi connectivity index (χ0) is 18.0. The third-order valence-electron chi connectivity index (χ3n) is 4.36. The lowest BCUT2D eigenvalue weighted by Crippen LogP contribution is -2.27. The molecule has 1 aromatic rings. The lowest BCUT2D eigenvalue weighted by atomic mass is 9.98. The molecule has 25 heavy (non-hydrogen) atoms. The standard InChI is InChI=1S/C17H20F3NO4/c1-23-10-14-9-21(16(22)25-14)12-3-5-15-11(8-12)2-4-13(24-15)6-7-17(18,19)20/h3,5,8,13-14H,2,4,6-7,9-10H2,1H3. The molecule has 1 fully saturated rings. The fourth-order valence-electron chi connectivity index (χ4n) is 3.13. The molecular weight excluding hydrogens is 339 g/mol. The first-order valence-electron chi connectivity index (χ1n) is 8.19. The molecule has 0 N–H and O–H groups in total. The molecule has 2 aliphatic heterocycles. The number of rotatable bonds is 5. The summed E-state index contributed by atoms with van der Waals surface area (Å²) in [4.78, 5) is 13.5. The first kappa shape index (κ1) is 17.8. The third-order valence-corrected chi connectivity index (χ3v) is 4.36. The van der Waals surface area contributed by atoms with Crippen molar-refractivity contribution in [3.8, 4) is 5.75 Å². The van der Waals surface area contributed by atoms with E-state index in [-0.39, 0.29) is 12.5 Å². The molecular formula is C17H20F3NO4. The van der Waals surface area contributed by atoms with Crippen molar-refractivity contribution in [3.63, 3.8) is 0 Å². The van der Waals surface area contributed by atoms with Gasteiger partial charge in [0, 0.05) is 19.2 Å². The van der Waals surface area contributed by atoms with Gasteiger partial charge in [-0.05, 0) is 43.0 Å². The topological polar surface area (TPSA) is 48.0 Å². The second-order valence-corrected chi connectivity index (χ2v) is 6.30. The second-order valence-electron chi connectivity index (χ2n) is 6.30. The van der Waals surface area contributed by atoms with Gasteiger partial charge in [-0.25, -0.2) is 4.79 Å². The smallest absolute Gasteiger partial charge is 0.414 e. The van der Waals surface area contributed by atoms with Crippen molar-refractivity contribution in [2.75, 3.05) is 25.2 Å². The van der Waals surface area contributed by atoms with Crippen LogP contribution in [-0.2, 0) is 15.9 Å². The molecule has 0 aromatic heterocycles. The highest BCUT2D eigenvalue weighted by atomic mass is 19.4. The molecule has 8 heteroatoms. The van der Waals surface area contributed by atoms with E-state index >= 15 is 0 Å². The molecule has 5 nitrogen and oxygen atoms in total. The Morgan fingerprint density at radius 2 is 2.08 bits per heavy atom. The van der Waals surface area contributed by atoms with Gasteiger partial charge in [-0.3, -0.25) is 4.90 Å². The van der Waals surface area contributed by atoms with E-state index in [9.17, 15) is 18.0 Å². The third kappa shape index (κ3) is 4.36. The Kier molecular flexibility index (Phi) is 5.08. The second kappa shape index (κ2) is 7.11. The predicted octanol–water partition coefficient (Wildman–Crippen LogP) is 3.69. The molecule has 0 aliphatic carbocycles. The number of hydrogen-bond donors (Lipinski definition) is 0. The Bertz CT molecular complexity index is 635. The van der Waals surface area contributed by atoms with Gasteiger partial charge in [-0.1, -0.05) is 0 Å². The first-order chi connectivity index (χ1) is 11.9. The number of benzene rings is 1. The highest BCUT2D eigenvalue weighted by molar-refractivity contribution is 5.90. The molecule has 0 saturated carbocycles. The van der Waals surface area contributed by atoms with Crippen LogP contribution in [0.15, 0.2) is 18.2 Å². The van der Waals surface area contributed by atoms with Gasteiger partial charge in [0.25, 0.3) is 0 Å². The number of cyclic esters (lactones) is 1. The highest BCUT2D eigenvalue weighted by Crippen LogP contribution is 2.35. The number of ether oxygens (including phenoxy) is 3. The zero-order valence-corrected chi connectivity index (χ0v) is 13.8. The van der Waals surface area contributed by atoms with Crippen LogP contribution in [0.25, 0.3) is 0 Å². The number of anilines is 1. The van der Waals surface area contributed by atoms with Crippen LogP contribution < -0.4 is 9.64 Å². The van der Waals surface area contributed by atoms with Crippen LogP contribution in [0.2, 0.25) is 0 Å². The normalized spacial score (nSPS) is 23.2. The van der Waals surface area contributed by atoms with Crippen molar-refractivity contribution in [2.24, 2.45) is 0 Å². The lowest BCUT2D eigenvalue weighted by Gasteiger charge is -2.27. The van der Waals surface area contributed by atoms with E-state index in [2.05, 4.69) is 0 Å². The molecule has 2 heterocycles. The Balaban J connectivity index is 1.65. The summed E-state index contributed by atoms with van der Waals surface area (Å²) < 4.78 is 52.9. The minimum Gasteiger partial charge on any atom is -0.490 e. The van der Waals surface area contributed by atoms with Crippen molar-refractivity contribution in [1.29, 1.82) is 0 Å². The molecule has 0 bridgehead atoms. The van der Waals surface area contributed by atoms with Crippen LogP contribution in [0, 0.1) is 0 Å². The molecule has 1 saturated heterocycles. The van der Waals surface area contributed by atoms with Crippen LogP contribution in [0.5, 0.6) is 5.75 Å². The number of amides is 1. The van der Waals surface area contributed by atoms with E-state index in [1.807, 2.05) is 6.07 Å². The summed E-state index contributed by atoms with van der Waals surface area (Å²) in [5.41, 5.74) is 1.59. The number of hydrogen-bond acceptors (Lipinski definition) is 4. The fourth-order valence-corrected chi connectivity index (χ4v) is 3.13. The fraction of sp³-hybridized carbons (Fsp3) is 0.588. The first-order valence-corrected chi connectivity index (χ1v) is 8.19. The summed E-state index contributed by atoms with van der Waals surface area (Å²) in [6.45, 7) is 0.734. The molecule has 1 aromatic carbocycles. The zero-order valence-electron chi connectivity index (χ0n) is 13.8. The van der Waals surface area contributed by atoms with E-state index < -0.39 is 24.8 Å². The number of aryl methyl sites for hydroxylation is 1. The van der Waals surface area contributed by atoms with E-state index in [0.717, 1.165) is 5.56 Å².